The molecule has 138 valence electrons. The Kier molecular flexibility index (Phi) is 5.35. The number of amides is 2. The van der Waals surface area contributed by atoms with Gasteiger partial charge in [-0.15, -0.1) is 0 Å². The second kappa shape index (κ2) is 7.86. The molecule has 0 fully saturated rings. The quantitative estimate of drug-likeness (QED) is 0.420. The Balaban J connectivity index is 1.72. The van der Waals surface area contributed by atoms with Gasteiger partial charge in [-0.3, -0.25) is 9.59 Å². The molecule has 0 aliphatic heterocycles. The number of para-hydroxylation sites is 1. The summed E-state index contributed by atoms with van der Waals surface area (Å²) in [7, 11) is 0. The van der Waals surface area contributed by atoms with Gasteiger partial charge in [0.2, 0.25) is 0 Å². The number of benzene rings is 2. The maximum Gasteiger partial charge on any atom is 0.329 e. The van der Waals surface area contributed by atoms with Crippen molar-refractivity contribution in [3.8, 4) is 0 Å². The third kappa shape index (κ3) is 4.06. The molecule has 27 heavy (non-hydrogen) atoms. The first kappa shape index (κ1) is 18.4. The van der Waals surface area contributed by atoms with Gasteiger partial charge in [0.05, 0.1) is 0 Å². The number of aryl methyl sites for hydroxylation is 2. The largest absolute Gasteiger partial charge is 0.454 e. The Labute approximate surface area is 157 Å². The van der Waals surface area contributed by atoms with Crippen molar-refractivity contribution in [3.05, 3.63) is 65.4 Å². The van der Waals surface area contributed by atoms with E-state index in [-0.39, 0.29) is 0 Å². The number of carbonyl (C=O) groups is 2. The predicted molar refractivity (Wildman–Crippen MR) is 106 cm³/mol. The minimum absolute atomic E-state index is 0.500. The van der Waals surface area contributed by atoms with Gasteiger partial charge in [-0.1, -0.05) is 42.8 Å². The zero-order valence-corrected chi connectivity index (χ0v) is 15.5. The maximum absolute atomic E-state index is 12.0. The molecule has 0 radical (unpaired) electrons. The molecule has 0 atom stereocenters. The van der Waals surface area contributed by atoms with Crippen LogP contribution in [0.4, 0.5) is 5.69 Å². The Hall–Kier alpha value is -3.41. The molecule has 3 aromatic rings. The number of hydrogen-bond donors (Lipinski definition) is 2. The van der Waals surface area contributed by atoms with Crippen LogP contribution in [0, 0.1) is 6.92 Å². The van der Waals surface area contributed by atoms with Crippen LogP contribution in [0.25, 0.3) is 11.0 Å². The van der Waals surface area contributed by atoms with Gasteiger partial charge in [-0.2, -0.15) is 5.10 Å². The molecule has 1 heterocycles. The summed E-state index contributed by atoms with van der Waals surface area (Å²) in [5, 5.41) is 7.59. The van der Waals surface area contributed by atoms with Crippen molar-refractivity contribution in [2.24, 2.45) is 5.10 Å². The lowest BCUT2D eigenvalue weighted by Crippen LogP contribution is -2.33. The van der Waals surface area contributed by atoms with Crippen molar-refractivity contribution in [2.75, 3.05) is 5.32 Å². The van der Waals surface area contributed by atoms with Crippen LogP contribution in [-0.2, 0) is 16.0 Å². The first-order valence-corrected chi connectivity index (χ1v) is 8.72. The molecule has 0 saturated carbocycles. The van der Waals surface area contributed by atoms with E-state index in [1.165, 1.54) is 0 Å². The molecular formula is C21H21N3O3. The van der Waals surface area contributed by atoms with Crippen molar-refractivity contribution in [3.63, 3.8) is 0 Å². The van der Waals surface area contributed by atoms with Crippen LogP contribution in [-0.4, -0.2) is 17.5 Å². The number of hydrogen-bond acceptors (Lipinski definition) is 4. The molecule has 0 unspecified atom stereocenters. The van der Waals surface area contributed by atoms with Crippen LogP contribution >= 0.6 is 0 Å². The molecule has 6 nitrogen and oxygen atoms in total. The third-order valence-corrected chi connectivity index (χ3v) is 4.22. The molecule has 0 bridgehead atoms. The van der Waals surface area contributed by atoms with Gasteiger partial charge in [-0.25, -0.2) is 5.43 Å². The lowest BCUT2D eigenvalue weighted by molar-refractivity contribution is -0.136. The summed E-state index contributed by atoms with van der Waals surface area (Å²) in [5.41, 5.74) is 6.18. The van der Waals surface area contributed by atoms with Crippen LogP contribution in [0.15, 0.2) is 58.0 Å². The van der Waals surface area contributed by atoms with Gasteiger partial charge in [0.1, 0.15) is 11.3 Å². The van der Waals surface area contributed by atoms with E-state index in [0.717, 1.165) is 28.5 Å². The molecule has 0 aliphatic rings. The normalized spacial score (nSPS) is 11.4. The average Bonchev–Trinajstić information content (AvgIpc) is 3.06. The number of anilines is 1. The number of hydrazone groups is 1. The molecular weight excluding hydrogens is 342 g/mol. The van der Waals surface area contributed by atoms with Crippen molar-refractivity contribution < 1.29 is 14.0 Å². The molecule has 2 aromatic carbocycles. The zero-order valence-electron chi connectivity index (χ0n) is 15.5. The Morgan fingerprint density at radius 3 is 2.44 bits per heavy atom. The van der Waals surface area contributed by atoms with E-state index in [1.807, 2.05) is 50.2 Å². The number of furan rings is 1. The Morgan fingerprint density at radius 1 is 1.04 bits per heavy atom. The number of nitrogens with zero attached hydrogens (tertiary/aromatic N) is 1. The molecule has 0 aliphatic carbocycles. The molecule has 6 heteroatoms. The highest BCUT2D eigenvalue weighted by Gasteiger charge is 2.17. The summed E-state index contributed by atoms with van der Waals surface area (Å²) in [6.07, 6.45) is 0.765. The van der Waals surface area contributed by atoms with E-state index < -0.39 is 11.8 Å². The van der Waals surface area contributed by atoms with Gasteiger partial charge >= 0.3 is 11.8 Å². The van der Waals surface area contributed by atoms with E-state index in [0.29, 0.717) is 17.2 Å². The Morgan fingerprint density at radius 2 is 1.74 bits per heavy atom. The standard InChI is InChI=1S/C21H21N3O3/c1-4-16-17-7-5-6-8-18(17)27-19(16)14(3)23-24-21(26)20(25)22-15-11-9-13(2)10-12-15/h5-12H,4H2,1-3H3,(H,22,25)(H,24,26)/b23-14-. The Bertz CT molecular complexity index is 1020. The van der Waals surface area contributed by atoms with Gasteiger partial charge in [0.25, 0.3) is 0 Å². The van der Waals surface area contributed by atoms with Crippen molar-refractivity contribution in [1.82, 2.24) is 5.43 Å². The van der Waals surface area contributed by atoms with Crippen LogP contribution in [0.5, 0.6) is 0 Å². The maximum atomic E-state index is 12.0. The highest BCUT2D eigenvalue weighted by atomic mass is 16.3. The summed E-state index contributed by atoms with van der Waals surface area (Å²) in [4.78, 5) is 24.0. The van der Waals surface area contributed by atoms with E-state index >= 15 is 0 Å². The minimum Gasteiger partial charge on any atom is -0.454 e. The van der Waals surface area contributed by atoms with Gasteiger partial charge < -0.3 is 9.73 Å². The van der Waals surface area contributed by atoms with Gasteiger partial charge in [-0.05, 0) is 38.5 Å². The van der Waals surface area contributed by atoms with Crippen LogP contribution in [0.1, 0.15) is 30.7 Å². The van der Waals surface area contributed by atoms with Gasteiger partial charge in [0, 0.05) is 16.6 Å². The first-order valence-electron chi connectivity index (χ1n) is 8.72. The van der Waals surface area contributed by atoms with Crippen molar-refractivity contribution in [2.45, 2.75) is 27.2 Å². The fourth-order valence-corrected chi connectivity index (χ4v) is 2.80. The lowest BCUT2D eigenvalue weighted by Gasteiger charge is -2.05. The first-order chi connectivity index (χ1) is 13.0. The van der Waals surface area contributed by atoms with Crippen LogP contribution < -0.4 is 10.7 Å². The van der Waals surface area contributed by atoms with E-state index in [1.54, 1.807) is 19.1 Å². The third-order valence-electron chi connectivity index (χ3n) is 4.22. The monoisotopic (exact) mass is 363 g/mol. The van der Waals surface area contributed by atoms with Crippen molar-refractivity contribution in [1.29, 1.82) is 0 Å². The fourth-order valence-electron chi connectivity index (χ4n) is 2.80. The van der Waals surface area contributed by atoms with Crippen molar-refractivity contribution >= 4 is 34.2 Å². The lowest BCUT2D eigenvalue weighted by atomic mass is 10.1. The number of carbonyl (C=O) groups excluding carboxylic acids is 2. The average molecular weight is 363 g/mol. The number of rotatable bonds is 4. The number of fused-ring (bicyclic) bond motifs is 1. The smallest absolute Gasteiger partial charge is 0.329 e. The summed E-state index contributed by atoms with van der Waals surface area (Å²) < 4.78 is 5.87. The molecule has 1 aromatic heterocycles. The summed E-state index contributed by atoms with van der Waals surface area (Å²) in [6, 6.07) is 14.9. The highest BCUT2D eigenvalue weighted by molar-refractivity contribution is 6.39. The summed E-state index contributed by atoms with van der Waals surface area (Å²) in [6.45, 7) is 5.70. The molecule has 3 rings (SSSR count). The van der Waals surface area contributed by atoms with E-state index in [4.69, 9.17) is 4.42 Å². The van der Waals surface area contributed by atoms with E-state index in [9.17, 15) is 9.59 Å². The molecule has 2 amide bonds. The van der Waals surface area contributed by atoms with Crippen LogP contribution in [0.2, 0.25) is 0 Å². The topological polar surface area (TPSA) is 83.7 Å². The summed E-state index contributed by atoms with van der Waals surface area (Å²) >= 11 is 0. The summed E-state index contributed by atoms with van der Waals surface area (Å²) in [5.74, 6) is -1.02. The van der Waals surface area contributed by atoms with Crippen LogP contribution in [0.3, 0.4) is 0 Å². The second-order valence-corrected chi connectivity index (χ2v) is 6.22. The number of nitrogens with one attached hydrogen (secondary N) is 2. The minimum atomic E-state index is -0.843. The SMILES string of the molecule is CCc1c(/C(C)=N\NC(=O)C(=O)Nc2ccc(C)cc2)oc2ccccc12. The predicted octanol–water partition coefficient (Wildman–Crippen LogP) is 3.78. The molecule has 0 saturated heterocycles. The molecule has 0 spiro atoms. The second-order valence-electron chi connectivity index (χ2n) is 6.22. The molecule has 2 N–H and O–H groups in total. The zero-order chi connectivity index (χ0) is 19.4. The highest BCUT2D eigenvalue weighted by Crippen LogP contribution is 2.26. The van der Waals surface area contributed by atoms with Gasteiger partial charge in [0.15, 0.2) is 5.76 Å². The fraction of sp³-hybridized carbons (Fsp3) is 0.190. The van der Waals surface area contributed by atoms with E-state index in [2.05, 4.69) is 15.8 Å².